The lowest BCUT2D eigenvalue weighted by Crippen LogP contribution is -2.40. The zero-order valence-corrected chi connectivity index (χ0v) is 15.4. The van der Waals surface area contributed by atoms with Gasteiger partial charge in [-0.15, -0.1) is 0 Å². The van der Waals surface area contributed by atoms with Crippen LogP contribution in [0, 0.1) is 0 Å². The average Bonchev–Trinajstić information content (AvgIpc) is 2.60. The van der Waals surface area contributed by atoms with Gasteiger partial charge < -0.3 is 19.9 Å². The Kier molecular flexibility index (Phi) is 5.32. The topological polar surface area (TPSA) is 61.9 Å². The summed E-state index contributed by atoms with van der Waals surface area (Å²) in [5, 5.41) is 3.42. The first-order chi connectivity index (χ1) is 12.5. The number of carbonyl (C=O) groups is 2. The van der Waals surface area contributed by atoms with Crippen LogP contribution in [0.1, 0.15) is 6.42 Å². The first-order valence-electron chi connectivity index (χ1n) is 8.24. The van der Waals surface area contributed by atoms with E-state index in [0.717, 1.165) is 5.69 Å². The Balaban J connectivity index is 1.69. The van der Waals surface area contributed by atoms with Crippen molar-refractivity contribution in [3.63, 3.8) is 0 Å². The molecule has 1 N–H and O–H groups in total. The summed E-state index contributed by atoms with van der Waals surface area (Å²) in [5.41, 5.74) is 2.19. The highest BCUT2D eigenvalue weighted by atomic mass is 35.5. The largest absolute Gasteiger partial charge is 0.482 e. The first-order valence-corrected chi connectivity index (χ1v) is 8.62. The molecule has 0 fully saturated rings. The normalized spacial score (nSPS) is 13.0. The van der Waals surface area contributed by atoms with E-state index in [9.17, 15) is 9.59 Å². The van der Waals surface area contributed by atoms with Crippen molar-refractivity contribution < 1.29 is 14.3 Å². The summed E-state index contributed by atoms with van der Waals surface area (Å²) in [4.78, 5) is 28.1. The lowest BCUT2D eigenvalue weighted by atomic mass is 10.2. The van der Waals surface area contributed by atoms with Crippen LogP contribution in [0.15, 0.2) is 42.5 Å². The maximum absolute atomic E-state index is 12.4. The minimum atomic E-state index is -0.188. The maximum Gasteiger partial charge on any atom is 0.265 e. The molecule has 2 aromatic rings. The van der Waals surface area contributed by atoms with Gasteiger partial charge in [0, 0.05) is 32.1 Å². The lowest BCUT2D eigenvalue weighted by molar-refractivity contribution is -0.121. The molecule has 6 nitrogen and oxygen atoms in total. The second-order valence-corrected chi connectivity index (χ2v) is 6.59. The van der Waals surface area contributed by atoms with Crippen molar-refractivity contribution >= 4 is 40.5 Å². The third-order valence-corrected chi connectivity index (χ3v) is 4.32. The van der Waals surface area contributed by atoms with E-state index in [1.807, 2.05) is 49.3 Å². The molecule has 1 aliphatic rings. The van der Waals surface area contributed by atoms with E-state index in [4.69, 9.17) is 16.3 Å². The number of amides is 2. The molecule has 0 radical (unpaired) electrons. The van der Waals surface area contributed by atoms with Gasteiger partial charge in [0.05, 0.1) is 17.1 Å². The fourth-order valence-electron chi connectivity index (χ4n) is 2.82. The second kappa shape index (κ2) is 7.66. The fourth-order valence-corrected chi connectivity index (χ4v) is 3.00. The van der Waals surface area contributed by atoms with Crippen LogP contribution in [-0.4, -0.2) is 39.1 Å². The number of nitrogens with one attached hydrogen (secondary N) is 1. The number of rotatable bonds is 5. The number of carbonyl (C=O) groups excluding carboxylic acids is 2. The fraction of sp³-hybridized carbons (Fsp3) is 0.263. The monoisotopic (exact) mass is 373 g/mol. The van der Waals surface area contributed by atoms with Gasteiger partial charge in [0.25, 0.3) is 5.91 Å². The predicted molar refractivity (Wildman–Crippen MR) is 103 cm³/mol. The number of ether oxygens (including phenoxy) is 1. The van der Waals surface area contributed by atoms with E-state index in [1.165, 1.54) is 0 Å². The number of hydrogen-bond acceptors (Lipinski definition) is 4. The summed E-state index contributed by atoms with van der Waals surface area (Å²) < 4.78 is 5.41. The number of fused-ring (bicyclic) bond motifs is 1. The number of halogens is 1. The van der Waals surface area contributed by atoms with Gasteiger partial charge in [-0.2, -0.15) is 0 Å². The smallest absolute Gasteiger partial charge is 0.265 e. The Hall–Kier alpha value is -2.73. The van der Waals surface area contributed by atoms with E-state index in [0.29, 0.717) is 22.1 Å². The molecule has 2 amide bonds. The van der Waals surface area contributed by atoms with Gasteiger partial charge in [-0.25, -0.2) is 0 Å². The molecular formula is C19H20ClN3O3. The van der Waals surface area contributed by atoms with Gasteiger partial charge in [0.2, 0.25) is 5.91 Å². The van der Waals surface area contributed by atoms with Gasteiger partial charge in [0.15, 0.2) is 6.61 Å². The molecule has 136 valence electrons. The van der Waals surface area contributed by atoms with E-state index in [-0.39, 0.29) is 31.4 Å². The summed E-state index contributed by atoms with van der Waals surface area (Å²) >= 11 is 6.04. The van der Waals surface area contributed by atoms with Crippen molar-refractivity contribution in [2.75, 3.05) is 42.4 Å². The zero-order chi connectivity index (χ0) is 18.7. The van der Waals surface area contributed by atoms with Crippen molar-refractivity contribution in [2.45, 2.75) is 6.42 Å². The molecule has 0 bridgehead atoms. The van der Waals surface area contributed by atoms with Gasteiger partial charge in [-0.1, -0.05) is 23.7 Å². The SMILES string of the molecule is CN(C)c1ccc(Cl)cc1NC(=O)CCN1C(=O)COc2ccccc21. The molecule has 1 aliphatic heterocycles. The Bertz CT molecular complexity index is 839. The Labute approximate surface area is 157 Å². The van der Waals surface area contributed by atoms with Crippen molar-refractivity contribution in [3.8, 4) is 5.75 Å². The minimum absolute atomic E-state index is 0.0162. The van der Waals surface area contributed by atoms with Gasteiger partial charge in [-0.05, 0) is 30.3 Å². The Morgan fingerprint density at radius 3 is 2.81 bits per heavy atom. The molecule has 3 rings (SSSR count). The molecule has 1 heterocycles. The molecule has 0 aromatic heterocycles. The molecule has 0 spiro atoms. The van der Waals surface area contributed by atoms with Gasteiger partial charge in [0.1, 0.15) is 5.75 Å². The summed E-state index contributed by atoms with van der Waals surface area (Å²) in [6, 6.07) is 12.6. The van der Waals surface area contributed by atoms with Crippen molar-refractivity contribution in [2.24, 2.45) is 0 Å². The van der Waals surface area contributed by atoms with Gasteiger partial charge in [-0.3, -0.25) is 9.59 Å². The number of benzene rings is 2. The Morgan fingerprint density at radius 2 is 2.04 bits per heavy atom. The van der Waals surface area contributed by atoms with Crippen LogP contribution >= 0.6 is 11.6 Å². The Morgan fingerprint density at radius 1 is 1.27 bits per heavy atom. The van der Waals surface area contributed by atoms with Crippen LogP contribution in [0.2, 0.25) is 5.02 Å². The van der Waals surface area contributed by atoms with Crippen molar-refractivity contribution in [1.82, 2.24) is 0 Å². The lowest BCUT2D eigenvalue weighted by Gasteiger charge is -2.29. The van der Waals surface area contributed by atoms with Crippen LogP contribution in [0.3, 0.4) is 0 Å². The van der Waals surface area contributed by atoms with Crippen LogP contribution in [0.4, 0.5) is 17.1 Å². The number of nitrogens with zero attached hydrogens (tertiary/aromatic N) is 2. The standard InChI is InChI=1S/C19H20ClN3O3/c1-22(2)15-8-7-13(20)11-14(15)21-18(24)9-10-23-16-5-3-4-6-17(16)26-12-19(23)25/h3-8,11H,9-10,12H2,1-2H3,(H,21,24). The number of anilines is 3. The predicted octanol–water partition coefficient (Wildman–Crippen LogP) is 3.16. The molecule has 26 heavy (non-hydrogen) atoms. The van der Waals surface area contributed by atoms with Gasteiger partial charge >= 0.3 is 0 Å². The highest BCUT2D eigenvalue weighted by molar-refractivity contribution is 6.31. The average molecular weight is 374 g/mol. The summed E-state index contributed by atoms with van der Waals surface area (Å²) in [6.07, 6.45) is 0.166. The third kappa shape index (κ3) is 3.91. The van der Waals surface area contributed by atoms with Crippen molar-refractivity contribution in [3.05, 3.63) is 47.5 Å². The van der Waals surface area contributed by atoms with E-state index >= 15 is 0 Å². The summed E-state index contributed by atoms with van der Waals surface area (Å²) in [5.74, 6) is 0.303. The molecule has 0 atom stereocenters. The van der Waals surface area contributed by atoms with Crippen LogP contribution in [0.5, 0.6) is 5.75 Å². The minimum Gasteiger partial charge on any atom is -0.482 e. The molecular weight excluding hydrogens is 354 g/mol. The molecule has 0 saturated carbocycles. The van der Waals surface area contributed by atoms with Crippen LogP contribution in [-0.2, 0) is 9.59 Å². The number of hydrogen-bond donors (Lipinski definition) is 1. The van der Waals surface area contributed by atoms with E-state index in [1.54, 1.807) is 17.0 Å². The molecule has 2 aromatic carbocycles. The highest BCUT2D eigenvalue weighted by Gasteiger charge is 2.25. The first kappa shape index (κ1) is 18.1. The molecule has 0 unspecified atom stereocenters. The quantitative estimate of drug-likeness (QED) is 0.874. The number of para-hydroxylation sites is 2. The molecule has 0 saturated heterocycles. The molecule has 7 heteroatoms. The molecule has 0 aliphatic carbocycles. The highest BCUT2D eigenvalue weighted by Crippen LogP contribution is 2.32. The zero-order valence-electron chi connectivity index (χ0n) is 14.7. The summed E-state index contributed by atoms with van der Waals surface area (Å²) in [7, 11) is 3.78. The third-order valence-electron chi connectivity index (χ3n) is 4.09. The summed E-state index contributed by atoms with van der Waals surface area (Å²) in [6.45, 7) is 0.264. The second-order valence-electron chi connectivity index (χ2n) is 6.16. The van der Waals surface area contributed by atoms with E-state index in [2.05, 4.69) is 5.32 Å². The van der Waals surface area contributed by atoms with Crippen LogP contribution < -0.4 is 19.9 Å². The maximum atomic E-state index is 12.4. The van der Waals surface area contributed by atoms with Crippen molar-refractivity contribution in [1.29, 1.82) is 0 Å². The van der Waals surface area contributed by atoms with E-state index < -0.39 is 0 Å². The van der Waals surface area contributed by atoms with Crippen LogP contribution in [0.25, 0.3) is 0 Å².